The molecule has 90 valence electrons. The second-order valence-electron chi connectivity index (χ2n) is 1.57. The van der Waals surface area contributed by atoms with Crippen LogP contribution in [0.25, 0.3) is 0 Å². The molecular formula is C9H9CoO6. The Hall–Kier alpha value is -1.86. The maximum atomic E-state index is 9.14. The van der Waals surface area contributed by atoms with Gasteiger partial charge in [0.15, 0.2) is 0 Å². The fourth-order valence-electron chi connectivity index (χ4n) is 0. The Kier molecular flexibility index (Phi) is 27.9. The van der Waals surface area contributed by atoms with Crippen molar-refractivity contribution in [3.63, 3.8) is 0 Å². The van der Waals surface area contributed by atoms with Crippen molar-refractivity contribution in [1.82, 2.24) is 0 Å². The summed E-state index contributed by atoms with van der Waals surface area (Å²) in [6.07, 6.45) is 2.17. The number of carbonyl (C=O) groups excluding carboxylic acids is 3. The van der Waals surface area contributed by atoms with Crippen molar-refractivity contribution in [3.8, 4) is 0 Å². The summed E-state index contributed by atoms with van der Waals surface area (Å²) in [5.74, 6) is -3.69. The summed E-state index contributed by atoms with van der Waals surface area (Å²) in [6, 6.07) is 0. The predicted molar refractivity (Wildman–Crippen MR) is 45.6 cm³/mol. The van der Waals surface area contributed by atoms with Crippen molar-refractivity contribution in [2.75, 3.05) is 0 Å². The van der Waals surface area contributed by atoms with Crippen molar-refractivity contribution in [1.29, 1.82) is 0 Å². The Balaban J connectivity index is -0.0000000655. The van der Waals surface area contributed by atoms with Gasteiger partial charge in [0.05, 0.1) is 17.9 Å². The molecule has 16 heavy (non-hydrogen) atoms. The molecule has 0 rings (SSSR count). The van der Waals surface area contributed by atoms with Crippen LogP contribution in [0.2, 0.25) is 0 Å². The molecule has 0 N–H and O–H groups in total. The second kappa shape index (κ2) is 18.8. The molecule has 0 atom stereocenters. The van der Waals surface area contributed by atoms with E-state index in [9.17, 15) is 0 Å². The van der Waals surface area contributed by atoms with Crippen LogP contribution in [0.3, 0.4) is 0 Å². The molecule has 0 aromatic rings. The van der Waals surface area contributed by atoms with E-state index in [1.165, 1.54) is 0 Å². The number of rotatable bonds is 3. The molecule has 7 heteroatoms. The van der Waals surface area contributed by atoms with E-state index in [4.69, 9.17) is 29.7 Å². The van der Waals surface area contributed by atoms with Gasteiger partial charge in [0.25, 0.3) is 0 Å². The summed E-state index contributed by atoms with van der Waals surface area (Å²) >= 11 is 0. The van der Waals surface area contributed by atoms with Crippen LogP contribution in [-0.2, 0) is 31.2 Å². The second-order valence-corrected chi connectivity index (χ2v) is 1.57. The maximum absolute atomic E-state index is 9.14. The Labute approximate surface area is 103 Å². The van der Waals surface area contributed by atoms with E-state index in [-0.39, 0.29) is 16.8 Å². The van der Waals surface area contributed by atoms with E-state index < -0.39 is 17.9 Å². The van der Waals surface area contributed by atoms with Gasteiger partial charge in [-0.15, -0.1) is 0 Å². The third-order valence-corrected chi connectivity index (χ3v) is 0.500. The van der Waals surface area contributed by atoms with Gasteiger partial charge in [-0.3, -0.25) is 0 Å². The molecule has 0 aliphatic carbocycles. The summed E-state index contributed by atoms with van der Waals surface area (Å²) in [5.41, 5.74) is 0. The van der Waals surface area contributed by atoms with Crippen LogP contribution in [0.1, 0.15) is 0 Å². The van der Waals surface area contributed by atoms with Gasteiger partial charge in [0, 0.05) is 0 Å². The zero-order valence-corrected chi connectivity index (χ0v) is 9.18. The molecule has 0 aromatic heterocycles. The van der Waals surface area contributed by atoms with Crippen LogP contribution < -0.4 is 15.3 Å². The van der Waals surface area contributed by atoms with E-state index >= 15 is 0 Å². The Bertz CT molecular complexity index is 216. The minimum Gasteiger partial charge on any atom is -0.545 e. The normalized spacial score (nSPS) is 6.00. The summed E-state index contributed by atoms with van der Waals surface area (Å²) in [5, 5.41) is 27.4. The zero-order chi connectivity index (χ0) is 12.9. The van der Waals surface area contributed by atoms with Crippen LogP contribution >= 0.6 is 0 Å². The number of aliphatic carboxylic acids is 3. The largest absolute Gasteiger partial charge is 3.00 e. The third kappa shape index (κ3) is 88.0. The molecule has 0 radical (unpaired) electrons. The molecule has 6 nitrogen and oxygen atoms in total. The summed E-state index contributed by atoms with van der Waals surface area (Å²) in [7, 11) is 0. The number of hydrogen-bond acceptors (Lipinski definition) is 6. The zero-order valence-electron chi connectivity index (χ0n) is 8.14. The van der Waals surface area contributed by atoms with E-state index in [0.29, 0.717) is 0 Å². The fourth-order valence-corrected chi connectivity index (χ4v) is 0. The number of carboxylic acid groups (broad SMARTS) is 3. The summed E-state index contributed by atoms with van der Waals surface area (Å²) in [6.45, 7) is 8.69. The maximum Gasteiger partial charge on any atom is 3.00 e. The molecule has 0 bridgehead atoms. The van der Waals surface area contributed by atoms with Gasteiger partial charge in [0.2, 0.25) is 0 Å². The predicted octanol–water partition coefficient (Wildman–Crippen LogP) is -3.24. The van der Waals surface area contributed by atoms with E-state index in [1.54, 1.807) is 0 Å². The standard InChI is InChI=1S/3C3H4O2.Co/c3*1-2-3(4)5;/h3*2H,1H2,(H,4,5);/q;;;+3/p-3. The van der Waals surface area contributed by atoms with Crippen LogP contribution in [0.15, 0.2) is 38.0 Å². The number of carboxylic acids is 3. The van der Waals surface area contributed by atoms with Gasteiger partial charge < -0.3 is 29.7 Å². The molecule has 0 aromatic carbocycles. The summed E-state index contributed by atoms with van der Waals surface area (Å²) < 4.78 is 0. The minimum atomic E-state index is -1.23. The Morgan fingerprint density at radius 3 is 0.750 bits per heavy atom. The third-order valence-electron chi connectivity index (χ3n) is 0.500. The van der Waals surface area contributed by atoms with Gasteiger partial charge in [0.1, 0.15) is 0 Å². The first-order valence-corrected chi connectivity index (χ1v) is 3.32. The van der Waals surface area contributed by atoms with E-state index in [0.717, 1.165) is 18.2 Å². The minimum absolute atomic E-state index is 0. The van der Waals surface area contributed by atoms with Crippen molar-refractivity contribution in [3.05, 3.63) is 38.0 Å². The van der Waals surface area contributed by atoms with Gasteiger partial charge in [-0.2, -0.15) is 0 Å². The van der Waals surface area contributed by atoms with Gasteiger partial charge in [-0.25, -0.2) is 0 Å². The van der Waals surface area contributed by atoms with Crippen molar-refractivity contribution in [2.24, 2.45) is 0 Å². The average molecular weight is 272 g/mol. The molecule has 0 fully saturated rings. The van der Waals surface area contributed by atoms with Crippen LogP contribution in [0, 0.1) is 0 Å². The van der Waals surface area contributed by atoms with E-state index in [1.807, 2.05) is 0 Å². The van der Waals surface area contributed by atoms with Crippen molar-refractivity contribution >= 4 is 17.9 Å². The molecule has 0 aliphatic heterocycles. The van der Waals surface area contributed by atoms with Gasteiger partial charge in [-0.05, 0) is 18.2 Å². The Morgan fingerprint density at radius 2 is 0.750 bits per heavy atom. The van der Waals surface area contributed by atoms with E-state index in [2.05, 4.69) is 19.7 Å². The molecule has 0 amide bonds. The number of hydrogen-bond donors (Lipinski definition) is 0. The van der Waals surface area contributed by atoms with Crippen LogP contribution in [-0.4, -0.2) is 17.9 Å². The Morgan fingerprint density at radius 1 is 0.688 bits per heavy atom. The molecular weight excluding hydrogens is 263 g/mol. The molecule has 0 saturated heterocycles. The molecule has 0 unspecified atom stereocenters. The summed E-state index contributed by atoms with van der Waals surface area (Å²) in [4.78, 5) is 27.4. The van der Waals surface area contributed by atoms with Gasteiger partial charge in [-0.1, -0.05) is 19.7 Å². The van der Waals surface area contributed by atoms with Crippen molar-refractivity contribution < 1.29 is 46.5 Å². The smallest absolute Gasteiger partial charge is 0.545 e. The van der Waals surface area contributed by atoms with Crippen LogP contribution in [0.5, 0.6) is 0 Å². The monoisotopic (exact) mass is 272 g/mol. The van der Waals surface area contributed by atoms with Gasteiger partial charge >= 0.3 is 16.8 Å². The molecule has 0 spiro atoms. The molecule has 0 aliphatic rings. The van der Waals surface area contributed by atoms with Crippen LogP contribution in [0.4, 0.5) is 0 Å². The molecule has 0 saturated carbocycles. The first-order valence-electron chi connectivity index (χ1n) is 3.32. The first kappa shape index (κ1) is 23.7. The average Bonchev–Trinajstić information content (AvgIpc) is 2.19. The fraction of sp³-hybridized carbons (Fsp3) is 0. The topological polar surface area (TPSA) is 120 Å². The SMILES string of the molecule is C=CC(=O)[O-].C=CC(=O)[O-].C=CC(=O)[O-].[Co+3]. The first-order chi connectivity index (χ1) is 6.81. The molecule has 0 heterocycles. The number of carbonyl (C=O) groups is 3. The quantitative estimate of drug-likeness (QED) is 0.498. The van der Waals surface area contributed by atoms with Crippen molar-refractivity contribution in [2.45, 2.75) is 0 Å².